The molecule has 2 aliphatic rings. The average molecular weight is 272 g/mol. The van der Waals surface area contributed by atoms with Gasteiger partial charge in [0.15, 0.2) is 0 Å². The molecular formula is C16H20N2O2. The molecule has 0 N–H and O–H groups in total. The maximum absolute atomic E-state index is 12.3. The first-order valence-electron chi connectivity index (χ1n) is 7.39. The van der Waals surface area contributed by atoms with E-state index in [4.69, 9.17) is 0 Å². The summed E-state index contributed by atoms with van der Waals surface area (Å²) in [4.78, 5) is 28.2. The molecule has 1 aliphatic carbocycles. The molecule has 0 unspecified atom stereocenters. The zero-order valence-electron chi connectivity index (χ0n) is 11.6. The molecule has 0 spiro atoms. The molecule has 20 heavy (non-hydrogen) atoms. The second kappa shape index (κ2) is 5.65. The van der Waals surface area contributed by atoms with Gasteiger partial charge in [0.25, 0.3) is 5.91 Å². The van der Waals surface area contributed by atoms with Gasteiger partial charge in [0, 0.05) is 37.7 Å². The Morgan fingerprint density at radius 3 is 2.05 bits per heavy atom. The third-order valence-electron chi connectivity index (χ3n) is 4.35. The smallest absolute Gasteiger partial charge is 0.253 e. The van der Waals surface area contributed by atoms with Crippen molar-refractivity contribution >= 4 is 11.8 Å². The van der Waals surface area contributed by atoms with Gasteiger partial charge in [-0.25, -0.2) is 0 Å². The van der Waals surface area contributed by atoms with Gasteiger partial charge in [-0.2, -0.15) is 0 Å². The number of carbonyl (C=O) groups is 2. The van der Waals surface area contributed by atoms with Gasteiger partial charge in [0.2, 0.25) is 5.91 Å². The van der Waals surface area contributed by atoms with Gasteiger partial charge >= 0.3 is 0 Å². The first kappa shape index (κ1) is 13.2. The highest BCUT2D eigenvalue weighted by atomic mass is 16.2. The first-order valence-corrected chi connectivity index (χ1v) is 7.39. The molecule has 3 rings (SSSR count). The Balaban J connectivity index is 1.55. The van der Waals surface area contributed by atoms with Crippen LogP contribution < -0.4 is 0 Å². The summed E-state index contributed by atoms with van der Waals surface area (Å²) >= 11 is 0. The third-order valence-corrected chi connectivity index (χ3v) is 4.35. The lowest BCUT2D eigenvalue weighted by Gasteiger charge is -2.38. The quantitative estimate of drug-likeness (QED) is 0.823. The molecule has 1 aliphatic heterocycles. The number of amides is 2. The van der Waals surface area contributed by atoms with Gasteiger partial charge in [0.05, 0.1) is 0 Å². The number of benzene rings is 1. The van der Waals surface area contributed by atoms with E-state index in [1.165, 1.54) is 6.42 Å². The molecule has 2 fully saturated rings. The Kier molecular flexibility index (Phi) is 3.72. The summed E-state index contributed by atoms with van der Waals surface area (Å²) in [5.41, 5.74) is 0.728. The molecule has 106 valence electrons. The summed E-state index contributed by atoms with van der Waals surface area (Å²) < 4.78 is 0. The average Bonchev–Trinajstić information content (AvgIpc) is 2.46. The second-order valence-electron chi connectivity index (χ2n) is 5.61. The summed E-state index contributed by atoms with van der Waals surface area (Å²) in [5, 5.41) is 0. The normalized spacial score (nSPS) is 19.6. The minimum Gasteiger partial charge on any atom is -0.339 e. The van der Waals surface area contributed by atoms with Gasteiger partial charge in [0.1, 0.15) is 0 Å². The van der Waals surface area contributed by atoms with Crippen molar-refractivity contribution in [3.05, 3.63) is 35.9 Å². The molecule has 1 aromatic carbocycles. The van der Waals surface area contributed by atoms with Crippen molar-refractivity contribution in [2.24, 2.45) is 5.92 Å². The Morgan fingerprint density at radius 1 is 0.900 bits per heavy atom. The molecule has 1 saturated carbocycles. The van der Waals surface area contributed by atoms with E-state index in [1.807, 2.05) is 40.1 Å². The highest BCUT2D eigenvalue weighted by molar-refractivity contribution is 5.94. The van der Waals surface area contributed by atoms with Crippen LogP contribution in [0.2, 0.25) is 0 Å². The highest BCUT2D eigenvalue weighted by Crippen LogP contribution is 2.28. The highest BCUT2D eigenvalue weighted by Gasteiger charge is 2.32. The molecule has 2 amide bonds. The van der Waals surface area contributed by atoms with Crippen LogP contribution in [0.3, 0.4) is 0 Å². The zero-order chi connectivity index (χ0) is 13.9. The van der Waals surface area contributed by atoms with Crippen molar-refractivity contribution < 1.29 is 9.59 Å². The van der Waals surface area contributed by atoms with Gasteiger partial charge in [-0.05, 0) is 25.0 Å². The Bertz CT molecular complexity index is 488. The van der Waals surface area contributed by atoms with Crippen LogP contribution in [0.25, 0.3) is 0 Å². The van der Waals surface area contributed by atoms with Crippen molar-refractivity contribution in [2.75, 3.05) is 26.2 Å². The van der Waals surface area contributed by atoms with E-state index in [0.717, 1.165) is 18.4 Å². The van der Waals surface area contributed by atoms with Gasteiger partial charge in [-0.1, -0.05) is 24.6 Å². The van der Waals surface area contributed by atoms with Crippen molar-refractivity contribution in [2.45, 2.75) is 19.3 Å². The van der Waals surface area contributed by atoms with Crippen molar-refractivity contribution in [3.63, 3.8) is 0 Å². The minimum atomic E-state index is 0.0707. The third kappa shape index (κ3) is 2.55. The molecule has 0 bridgehead atoms. The number of hydrogen-bond donors (Lipinski definition) is 0. The fraction of sp³-hybridized carbons (Fsp3) is 0.500. The van der Waals surface area contributed by atoms with E-state index in [9.17, 15) is 9.59 Å². The summed E-state index contributed by atoms with van der Waals surface area (Å²) in [6.07, 6.45) is 3.27. The lowest BCUT2D eigenvalue weighted by molar-refractivity contribution is -0.139. The fourth-order valence-electron chi connectivity index (χ4n) is 2.81. The Labute approximate surface area is 119 Å². The molecule has 1 heterocycles. The fourth-order valence-corrected chi connectivity index (χ4v) is 2.81. The molecule has 0 aromatic heterocycles. The van der Waals surface area contributed by atoms with Crippen LogP contribution >= 0.6 is 0 Å². The maximum Gasteiger partial charge on any atom is 0.253 e. The molecular weight excluding hydrogens is 252 g/mol. The first-order chi connectivity index (χ1) is 9.75. The molecule has 1 saturated heterocycles. The molecule has 4 nitrogen and oxygen atoms in total. The topological polar surface area (TPSA) is 40.6 Å². The van der Waals surface area contributed by atoms with Crippen molar-refractivity contribution in [3.8, 4) is 0 Å². The lowest BCUT2D eigenvalue weighted by atomic mass is 9.84. The van der Waals surface area contributed by atoms with Gasteiger partial charge < -0.3 is 9.80 Å². The summed E-state index contributed by atoms with van der Waals surface area (Å²) in [6, 6.07) is 9.35. The Morgan fingerprint density at radius 2 is 1.50 bits per heavy atom. The van der Waals surface area contributed by atoms with Crippen LogP contribution in [0.5, 0.6) is 0 Å². The van der Waals surface area contributed by atoms with Gasteiger partial charge in [-0.3, -0.25) is 9.59 Å². The maximum atomic E-state index is 12.3. The van der Waals surface area contributed by atoms with E-state index in [0.29, 0.717) is 32.1 Å². The van der Waals surface area contributed by atoms with Crippen LogP contribution in [0, 0.1) is 5.92 Å². The number of hydrogen-bond acceptors (Lipinski definition) is 2. The van der Waals surface area contributed by atoms with Crippen LogP contribution in [0.1, 0.15) is 29.6 Å². The van der Waals surface area contributed by atoms with E-state index in [1.54, 1.807) is 0 Å². The predicted octanol–water partition coefficient (Wildman–Crippen LogP) is 1.77. The number of rotatable bonds is 2. The molecule has 1 aromatic rings. The van der Waals surface area contributed by atoms with Crippen LogP contribution in [-0.4, -0.2) is 47.8 Å². The van der Waals surface area contributed by atoms with Crippen LogP contribution in [0.15, 0.2) is 30.3 Å². The van der Waals surface area contributed by atoms with Crippen molar-refractivity contribution in [1.82, 2.24) is 9.80 Å². The summed E-state index contributed by atoms with van der Waals surface area (Å²) in [5.74, 6) is 0.621. The predicted molar refractivity (Wildman–Crippen MR) is 76.3 cm³/mol. The van der Waals surface area contributed by atoms with Crippen molar-refractivity contribution in [1.29, 1.82) is 0 Å². The van der Waals surface area contributed by atoms with Crippen LogP contribution in [-0.2, 0) is 4.79 Å². The van der Waals surface area contributed by atoms with E-state index >= 15 is 0 Å². The van der Waals surface area contributed by atoms with E-state index < -0.39 is 0 Å². The molecule has 4 heteroatoms. The monoisotopic (exact) mass is 272 g/mol. The number of nitrogens with zero attached hydrogens (tertiary/aromatic N) is 2. The van der Waals surface area contributed by atoms with Gasteiger partial charge in [-0.15, -0.1) is 0 Å². The summed E-state index contributed by atoms with van der Waals surface area (Å²) in [7, 11) is 0. The minimum absolute atomic E-state index is 0.0707. The Hall–Kier alpha value is -1.84. The summed E-state index contributed by atoms with van der Waals surface area (Å²) in [6.45, 7) is 2.64. The molecule has 0 atom stereocenters. The zero-order valence-corrected chi connectivity index (χ0v) is 11.6. The number of carbonyl (C=O) groups excluding carboxylic acids is 2. The lowest BCUT2D eigenvalue weighted by Crippen LogP contribution is -2.52. The van der Waals surface area contributed by atoms with Crippen LogP contribution in [0.4, 0.5) is 0 Å². The second-order valence-corrected chi connectivity index (χ2v) is 5.61. The SMILES string of the molecule is O=C(c1ccccc1)N1CCN(C(=O)C2CCC2)CC1. The van der Waals surface area contributed by atoms with E-state index in [-0.39, 0.29) is 11.8 Å². The number of piperazine rings is 1. The standard InChI is InChI=1S/C16H20N2O2/c19-15(13-5-2-1-3-6-13)17-9-11-18(12-10-17)16(20)14-7-4-8-14/h1-3,5-6,14H,4,7-12H2. The molecule has 0 radical (unpaired) electrons. The van der Waals surface area contributed by atoms with E-state index in [2.05, 4.69) is 0 Å². The largest absolute Gasteiger partial charge is 0.339 e.